The van der Waals surface area contributed by atoms with Crippen molar-refractivity contribution in [3.8, 4) is 23.7 Å². The average molecular weight is 517 g/mol. The number of fused-ring (bicyclic) bond motifs is 4. The first kappa shape index (κ1) is 23.2. The van der Waals surface area contributed by atoms with Gasteiger partial charge in [0, 0.05) is 43.8 Å². The van der Waals surface area contributed by atoms with Crippen molar-refractivity contribution in [2.75, 3.05) is 0 Å². The van der Waals surface area contributed by atoms with Crippen LogP contribution in [-0.2, 0) is 0 Å². The first-order valence-electron chi connectivity index (χ1n) is 12.4. The van der Waals surface area contributed by atoms with E-state index in [-0.39, 0.29) is 21.5 Å². The van der Waals surface area contributed by atoms with Gasteiger partial charge in [0.25, 0.3) is 22.2 Å². The summed E-state index contributed by atoms with van der Waals surface area (Å²) in [5, 5.41) is 3.43. The Balaban J connectivity index is 1.71. The molecular weight excluding hydrogens is 500 g/mol. The third kappa shape index (κ3) is 3.64. The van der Waals surface area contributed by atoms with Gasteiger partial charge in [0.05, 0.1) is 21.5 Å². The molecule has 6 nitrogen and oxygen atoms in total. The van der Waals surface area contributed by atoms with Crippen LogP contribution in [0.4, 0.5) is 0 Å². The number of aromatic nitrogens is 2. The highest BCUT2D eigenvalue weighted by atomic mass is 16.2. The normalized spacial score (nSPS) is 11.0. The van der Waals surface area contributed by atoms with E-state index in [4.69, 9.17) is 0 Å². The Labute approximate surface area is 225 Å². The van der Waals surface area contributed by atoms with Crippen molar-refractivity contribution in [1.82, 2.24) is 9.97 Å². The van der Waals surface area contributed by atoms with Crippen molar-refractivity contribution in [3.05, 3.63) is 149 Å². The largest absolute Gasteiger partial charge is 0.288 e. The van der Waals surface area contributed by atoms with Gasteiger partial charge >= 0.3 is 0 Å². The van der Waals surface area contributed by atoms with Crippen LogP contribution in [0.3, 0.4) is 0 Å². The molecule has 7 rings (SSSR count). The minimum Gasteiger partial charge on any atom is -0.288 e. The summed E-state index contributed by atoms with van der Waals surface area (Å²) in [5.41, 5.74) is 0.729. The van der Waals surface area contributed by atoms with Gasteiger partial charge in [0.15, 0.2) is 0 Å². The molecular formula is C34H16N2O4. The first-order valence-corrected chi connectivity index (χ1v) is 12.4. The summed E-state index contributed by atoms with van der Waals surface area (Å²) < 4.78 is 0. The van der Waals surface area contributed by atoms with Crippen LogP contribution >= 0.6 is 0 Å². The van der Waals surface area contributed by atoms with E-state index in [1.54, 1.807) is 24.3 Å². The molecule has 0 radical (unpaired) electrons. The first-order chi connectivity index (χ1) is 19.5. The van der Waals surface area contributed by atoms with E-state index in [0.29, 0.717) is 32.7 Å². The zero-order valence-corrected chi connectivity index (χ0v) is 20.7. The molecule has 0 fully saturated rings. The summed E-state index contributed by atoms with van der Waals surface area (Å²) in [4.78, 5) is 55.2. The van der Waals surface area contributed by atoms with Gasteiger partial charge in [0.2, 0.25) is 0 Å². The maximum Gasteiger partial charge on any atom is 0.258 e. The zero-order valence-electron chi connectivity index (χ0n) is 20.7. The van der Waals surface area contributed by atoms with Crippen LogP contribution in [0, 0.1) is 23.7 Å². The highest BCUT2D eigenvalue weighted by molar-refractivity contribution is 6.16. The zero-order chi connectivity index (χ0) is 27.4. The number of nitrogens with one attached hydrogen (secondary N) is 2. The van der Waals surface area contributed by atoms with Crippen molar-refractivity contribution in [1.29, 1.82) is 0 Å². The van der Waals surface area contributed by atoms with Crippen molar-refractivity contribution < 1.29 is 0 Å². The monoisotopic (exact) mass is 516 g/mol. The lowest BCUT2D eigenvalue weighted by Crippen LogP contribution is -2.05. The highest BCUT2D eigenvalue weighted by Gasteiger charge is 2.18. The Morgan fingerprint density at radius 1 is 0.375 bits per heavy atom. The number of rotatable bonds is 0. The molecule has 2 N–H and O–H groups in total. The Bertz CT molecular complexity index is 2220. The summed E-state index contributed by atoms with van der Waals surface area (Å²) in [6.45, 7) is 0. The maximum atomic E-state index is 12.6. The molecule has 0 bridgehead atoms. The highest BCUT2D eigenvalue weighted by Crippen LogP contribution is 2.35. The molecule has 0 spiro atoms. The van der Waals surface area contributed by atoms with Crippen LogP contribution < -0.4 is 22.2 Å². The molecule has 0 saturated carbocycles. The van der Waals surface area contributed by atoms with E-state index in [2.05, 4.69) is 33.6 Å². The number of benzene rings is 5. The molecule has 0 unspecified atom stereocenters. The second kappa shape index (κ2) is 8.80. The standard InChI is InChI=1S/C34H16N2O4/c37-31-27-15-23-21(13-11-19-7-3-1-4-8-19)24-16-28-30(34(40)36-32(28)38)18-26(24)22(14-12-20-9-5-2-6-10-20)25(23)17-29(27)33(39)35-31/h1-10,15-18H,(H,35,37,39)(H,36,38,40). The third-order valence-corrected chi connectivity index (χ3v) is 7.04. The minimum atomic E-state index is -0.486. The number of aromatic amines is 2. The van der Waals surface area contributed by atoms with Crippen molar-refractivity contribution >= 4 is 43.1 Å². The topological polar surface area (TPSA) is 99.9 Å². The third-order valence-electron chi connectivity index (χ3n) is 7.04. The van der Waals surface area contributed by atoms with E-state index >= 15 is 0 Å². The molecule has 0 aliphatic heterocycles. The lowest BCUT2D eigenvalue weighted by molar-refractivity contribution is 1.26. The molecule has 2 heterocycles. The van der Waals surface area contributed by atoms with Crippen molar-refractivity contribution in [2.24, 2.45) is 0 Å². The Kier molecular flexibility index (Phi) is 5.10. The van der Waals surface area contributed by atoms with E-state index in [0.717, 1.165) is 11.1 Å². The van der Waals surface area contributed by atoms with E-state index < -0.39 is 22.2 Å². The Morgan fingerprint density at radius 2 is 0.675 bits per heavy atom. The molecule has 0 aliphatic carbocycles. The summed E-state index contributed by atoms with van der Waals surface area (Å²) in [5.74, 6) is 12.9. The Morgan fingerprint density at radius 3 is 0.975 bits per heavy atom. The molecule has 5 aromatic carbocycles. The lowest BCUT2D eigenvalue weighted by atomic mass is 9.89. The summed E-state index contributed by atoms with van der Waals surface area (Å²) in [6.07, 6.45) is 0. The number of H-pyrrole nitrogens is 2. The lowest BCUT2D eigenvalue weighted by Gasteiger charge is -2.11. The van der Waals surface area contributed by atoms with Gasteiger partial charge in [-0.2, -0.15) is 0 Å². The van der Waals surface area contributed by atoms with Crippen molar-refractivity contribution in [2.45, 2.75) is 0 Å². The van der Waals surface area contributed by atoms with Crippen LogP contribution in [0.15, 0.2) is 104 Å². The summed E-state index contributed by atoms with van der Waals surface area (Å²) >= 11 is 0. The Hall–Kier alpha value is -5.98. The SMILES string of the molecule is O=c1[nH]c(=O)c2cc3c(C#Cc4ccccc4)c4cc5c(=O)[nH]c(=O)c5cc4c(C#Cc4ccccc4)c3cc12. The fourth-order valence-electron chi connectivity index (χ4n) is 5.13. The predicted molar refractivity (Wildman–Crippen MR) is 157 cm³/mol. The van der Waals surface area contributed by atoms with Gasteiger partial charge in [-0.05, 0) is 48.5 Å². The van der Waals surface area contributed by atoms with Gasteiger partial charge in [0.1, 0.15) is 0 Å². The minimum absolute atomic E-state index is 0.246. The van der Waals surface area contributed by atoms with Gasteiger partial charge < -0.3 is 0 Å². The predicted octanol–water partition coefficient (Wildman–Crippen LogP) is 4.07. The molecule has 40 heavy (non-hydrogen) atoms. The maximum absolute atomic E-state index is 12.6. The second-order valence-electron chi connectivity index (χ2n) is 9.44. The summed E-state index contributed by atoms with van der Waals surface area (Å²) in [6, 6.07) is 25.5. The summed E-state index contributed by atoms with van der Waals surface area (Å²) in [7, 11) is 0. The fraction of sp³-hybridized carbons (Fsp3) is 0. The quantitative estimate of drug-likeness (QED) is 0.235. The van der Waals surface area contributed by atoms with E-state index in [1.807, 2.05) is 60.7 Å². The van der Waals surface area contributed by atoms with Gasteiger partial charge in [-0.25, -0.2) is 0 Å². The molecule has 6 heteroatoms. The van der Waals surface area contributed by atoms with Crippen molar-refractivity contribution in [3.63, 3.8) is 0 Å². The number of hydrogen-bond acceptors (Lipinski definition) is 4. The molecule has 2 aromatic heterocycles. The van der Waals surface area contributed by atoms with Gasteiger partial charge in [-0.1, -0.05) is 60.1 Å². The molecule has 0 amide bonds. The number of hydrogen-bond donors (Lipinski definition) is 2. The van der Waals surface area contributed by atoms with E-state index in [9.17, 15) is 19.2 Å². The van der Waals surface area contributed by atoms with Crippen LogP contribution in [0.25, 0.3) is 43.1 Å². The van der Waals surface area contributed by atoms with E-state index in [1.165, 1.54) is 0 Å². The van der Waals surface area contributed by atoms with Gasteiger partial charge in [-0.3, -0.25) is 29.1 Å². The molecule has 186 valence electrons. The molecule has 0 aliphatic rings. The van der Waals surface area contributed by atoms with Crippen LogP contribution in [0.5, 0.6) is 0 Å². The van der Waals surface area contributed by atoms with Gasteiger partial charge in [-0.15, -0.1) is 0 Å². The molecule has 7 aromatic rings. The molecule has 0 saturated heterocycles. The fourth-order valence-corrected chi connectivity index (χ4v) is 5.13. The van der Waals surface area contributed by atoms with Crippen LogP contribution in [0.2, 0.25) is 0 Å². The van der Waals surface area contributed by atoms with Crippen LogP contribution in [0.1, 0.15) is 22.3 Å². The molecule has 0 atom stereocenters. The average Bonchev–Trinajstić information content (AvgIpc) is 3.41. The smallest absolute Gasteiger partial charge is 0.258 e. The van der Waals surface area contributed by atoms with Crippen LogP contribution in [-0.4, -0.2) is 9.97 Å². The second-order valence-corrected chi connectivity index (χ2v) is 9.44.